The number of fused-ring (bicyclic) bond motifs is 1. The van der Waals surface area contributed by atoms with Crippen LogP contribution in [0.2, 0.25) is 5.02 Å². The molecular weight excluding hydrogens is 348 g/mol. The van der Waals surface area contributed by atoms with Crippen LogP contribution < -0.4 is 5.56 Å². The molecule has 124 valence electrons. The lowest BCUT2D eigenvalue weighted by Gasteiger charge is -2.08. The molecule has 0 amide bonds. The minimum absolute atomic E-state index is 0.327. The average molecular weight is 363 g/mol. The van der Waals surface area contributed by atoms with Gasteiger partial charge in [-0.3, -0.25) is 14.2 Å². The van der Waals surface area contributed by atoms with Crippen molar-refractivity contribution in [1.29, 1.82) is 0 Å². The first kappa shape index (κ1) is 16.7. The lowest BCUT2D eigenvalue weighted by molar-refractivity contribution is -0.137. The number of aromatic nitrogens is 2. The maximum Gasteiger partial charge on any atom is 0.323 e. The fourth-order valence-electron chi connectivity index (χ4n) is 2.77. The van der Waals surface area contributed by atoms with Gasteiger partial charge in [-0.15, -0.1) is 11.3 Å². The number of carboxylic acids is 1. The number of thiophene rings is 1. The van der Waals surface area contributed by atoms with Crippen LogP contribution in [0.25, 0.3) is 21.3 Å². The molecule has 3 rings (SSSR count). The maximum absolute atomic E-state index is 12.9. The zero-order valence-corrected chi connectivity index (χ0v) is 15.0. The van der Waals surface area contributed by atoms with Gasteiger partial charge in [0.05, 0.1) is 5.39 Å². The number of aryl methyl sites for hydroxylation is 3. The molecule has 0 fully saturated rings. The van der Waals surface area contributed by atoms with Crippen molar-refractivity contribution in [3.05, 3.63) is 49.8 Å². The van der Waals surface area contributed by atoms with E-state index in [0.717, 1.165) is 21.6 Å². The van der Waals surface area contributed by atoms with Crippen LogP contribution in [-0.4, -0.2) is 20.6 Å². The third-order valence-corrected chi connectivity index (χ3v) is 5.34. The zero-order chi connectivity index (χ0) is 17.6. The van der Waals surface area contributed by atoms with Crippen molar-refractivity contribution in [2.45, 2.75) is 27.3 Å². The molecule has 1 aromatic carbocycles. The van der Waals surface area contributed by atoms with Crippen LogP contribution in [-0.2, 0) is 11.3 Å². The summed E-state index contributed by atoms with van der Waals surface area (Å²) >= 11 is 7.53. The Balaban J connectivity index is 2.36. The fourth-order valence-corrected chi connectivity index (χ4v) is 3.96. The lowest BCUT2D eigenvalue weighted by Crippen LogP contribution is -2.27. The predicted molar refractivity (Wildman–Crippen MR) is 96.2 cm³/mol. The summed E-state index contributed by atoms with van der Waals surface area (Å²) in [5, 5.41) is 10.2. The molecule has 2 aromatic heterocycles. The molecule has 2 heterocycles. The van der Waals surface area contributed by atoms with Crippen LogP contribution in [0.1, 0.15) is 16.3 Å². The van der Waals surface area contributed by atoms with E-state index >= 15 is 0 Å². The van der Waals surface area contributed by atoms with E-state index in [1.807, 2.05) is 26.0 Å². The monoisotopic (exact) mass is 362 g/mol. The van der Waals surface area contributed by atoms with Crippen LogP contribution in [0.15, 0.2) is 23.0 Å². The lowest BCUT2D eigenvalue weighted by atomic mass is 10.0. The molecule has 0 radical (unpaired) electrons. The minimum atomic E-state index is -1.07. The van der Waals surface area contributed by atoms with E-state index in [2.05, 4.69) is 4.98 Å². The van der Waals surface area contributed by atoms with E-state index < -0.39 is 12.5 Å². The van der Waals surface area contributed by atoms with Gasteiger partial charge in [-0.2, -0.15) is 0 Å². The van der Waals surface area contributed by atoms with Gasteiger partial charge >= 0.3 is 5.97 Å². The Labute approximate surface area is 147 Å². The van der Waals surface area contributed by atoms with E-state index in [1.54, 1.807) is 13.0 Å². The van der Waals surface area contributed by atoms with Crippen LogP contribution in [0.5, 0.6) is 0 Å². The molecule has 0 atom stereocenters. The molecule has 0 unspecified atom stereocenters. The van der Waals surface area contributed by atoms with Crippen LogP contribution >= 0.6 is 22.9 Å². The molecule has 0 saturated carbocycles. The number of rotatable bonds is 3. The molecule has 0 saturated heterocycles. The Hall–Kier alpha value is -2.18. The van der Waals surface area contributed by atoms with Crippen LogP contribution in [0.4, 0.5) is 0 Å². The Morgan fingerprint density at radius 2 is 2.04 bits per heavy atom. The van der Waals surface area contributed by atoms with E-state index in [1.165, 1.54) is 15.9 Å². The molecule has 0 aliphatic carbocycles. The van der Waals surface area contributed by atoms with Crippen LogP contribution in [0.3, 0.4) is 0 Å². The standard InChI is InChI=1S/C17H15ClN2O3S/c1-8-6-11(4-5-12(8)18)14-9(2)24-16-15(14)17(23)20(7-13(21)22)10(3)19-16/h4-6H,7H2,1-3H3,(H,21,22). The van der Waals surface area contributed by atoms with Crippen LogP contribution in [0, 0.1) is 20.8 Å². The summed E-state index contributed by atoms with van der Waals surface area (Å²) in [7, 11) is 0. The number of aliphatic carboxylic acids is 1. The molecule has 0 spiro atoms. The van der Waals surface area contributed by atoms with Gasteiger partial charge in [0.15, 0.2) is 0 Å². The number of hydrogen-bond donors (Lipinski definition) is 1. The number of halogens is 1. The van der Waals surface area contributed by atoms with Gasteiger partial charge in [0, 0.05) is 15.5 Å². The highest BCUT2D eigenvalue weighted by Crippen LogP contribution is 2.36. The summed E-state index contributed by atoms with van der Waals surface area (Å²) in [5.41, 5.74) is 2.27. The zero-order valence-electron chi connectivity index (χ0n) is 13.4. The molecule has 1 N–H and O–H groups in total. The third-order valence-electron chi connectivity index (χ3n) is 3.92. The van der Waals surface area contributed by atoms with Crippen molar-refractivity contribution < 1.29 is 9.90 Å². The van der Waals surface area contributed by atoms with Crippen molar-refractivity contribution in [2.24, 2.45) is 0 Å². The summed E-state index contributed by atoms with van der Waals surface area (Å²) in [6.07, 6.45) is 0. The van der Waals surface area contributed by atoms with Crippen molar-refractivity contribution in [2.75, 3.05) is 0 Å². The summed E-state index contributed by atoms with van der Waals surface area (Å²) in [6, 6.07) is 5.59. The summed E-state index contributed by atoms with van der Waals surface area (Å²) < 4.78 is 1.20. The quantitative estimate of drug-likeness (QED) is 0.769. The second-order valence-electron chi connectivity index (χ2n) is 5.62. The second-order valence-corrected chi connectivity index (χ2v) is 7.23. The number of nitrogens with zero attached hydrogens (tertiary/aromatic N) is 2. The molecule has 0 bridgehead atoms. The average Bonchev–Trinajstić information content (AvgIpc) is 2.82. The molecule has 24 heavy (non-hydrogen) atoms. The normalized spacial score (nSPS) is 11.2. The molecular formula is C17H15ClN2O3S. The van der Waals surface area contributed by atoms with E-state index in [4.69, 9.17) is 16.7 Å². The first-order valence-corrected chi connectivity index (χ1v) is 8.48. The Morgan fingerprint density at radius 1 is 1.33 bits per heavy atom. The SMILES string of the molecule is Cc1cc(-c2c(C)sc3nc(C)n(CC(=O)O)c(=O)c23)ccc1Cl. The number of carboxylic acid groups (broad SMARTS) is 1. The smallest absolute Gasteiger partial charge is 0.323 e. The van der Waals surface area contributed by atoms with Crippen molar-refractivity contribution in [3.8, 4) is 11.1 Å². The molecule has 0 aliphatic heterocycles. The Bertz CT molecular complexity index is 1040. The molecule has 3 aromatic rings. The molecule has 5 nitrogen and oxygen atoms in total. The second kappa shape index (κ2) is 6.03. The van der Waals surface area contributed by atoms with Gasteiger partial charge in [0.1, 0.15) is 17.2 Å². The summed E-state index contributed by atoms with van der Waals surface area (Å²) in [6.45, 7) is 5.08. The molecule has 7 heteroatoms. The topological polar surface area (TPSA) is 72.2 Å². The Morgan fingerprint density at radius 3 is 2.67 bits per heavy atom. The summed E-state index contributed by atoms with van der Waals surface area (Å²) in [5.74, 6) is -0.674. The van der Waals surface area contributed by atoms with E-state index in [-0.39, 0.29) is 5.56 Å². The van der Waals surface area contributed by atoms with Crippen molar-refractivity contribution in [1.82, 2.24) is 9.55 Å². The predicted octanol–water partition coefficient (Wildman–Crippen LogP) is 3.79. The minimum Gasteiger partial charge on any atom is -0.480 e. The van der Waals surface area contributed by atoms with Crippen molar-refractivity contribution in [3.63, 3.8) is 0 Å². The van der Waals surface area contributed by atoms with Gasteiger partial charge in [0.2, 0.25) is 0 Å². The number of benzene rings is 1. The van der Waals surface area contributed by atoms with E-state index in [0.29, 0.717) is 21.1 Å². The summed E-state index contributed by atoms with van der Waals surface area (Å²) in [4.78, 5) is 30.0. The molecule has 0 aliphatic rings. The highest BCUT2D eigenvalue weighted by Gasteiger charge is 2.19. The van der Waals surface area contributed by atoms with Gasteiger partial charge in [-0.1, -0.05) is 17.7 Å². The number of carbonyl (C=O) groups is 1. The first-order valence-electron chi connectivity index (χ1n) is 7.28. The third kappa shape index (κ3) is 2.72. The first-order chi connectivity index (χ1) is 11.3. The highest BCUT2D eigenvalue weighted by molar-refractivity contribution is 7.19. The largest absolute Gasteiger partial charge is 0.480 e. The fraction of sp³-hybridized carbons (Fsp3) is 0.235. The van der Waals surface area contributed by atoms with Gasteiger partial charge < -0.3 is 5.11 Å². The Kier molecular flexibility index (Phi) is 4.19. The van der Waals surface area contributed by atoms with Crippen molar-refractivity contribution >= 4 is 39.1 Å². The van der Waals surface area contributed by atoms with E-state index in [9.17, 15) is 9.59 Å². The maximum atomic E-state index is 12.9. The van der Waals surface area contributed by atoms with Gasteiger partial charge in [-0.05, 0) is 44.0 Å². The van der Waals surface area contributed by atoms with Gasteiger partial charge in [-0.25, -0.2) is 4.98 Å². The highest BCUT2D eigenvalue weighted by atomic mass is 35.5. The van der Waals surface area contributed by atoms with Gasteiger partial charge in [0.25, 0.3) is 5.56 Å². The number of hydrogen-bond acceptors (Lipinski definition) is 4.